The van der Waals surface area contributed by atoms with Crippen molar-refractivity contribution in [2.75, 3.05) is 0 Å². The third-order valence-electron chi connectivity index (χ3n) is 3.09. The molecule has 0 saturated carbocycles. The lowest BCUT2D eigenvalue weighted by Crippen LogP contribution is -1.98. The maximum atomic E-state index is 9.82. The third kappa shape index (κ3) is 1.43. The van der Waals surface area contributed by atoms with Crippen molar-refractivity contribution in [3.63, 3.8) is 0 Å². The Labute approximate surface area is 80.4 Å². The summed E-state index contributed by atoms with van der Waals surface area (Å²) in [5.74, 6) is 0.472. The van der Waals surface area contributed by atoms with Crippen LogP contribution < -0.4 is 0 Å². The van der Waals surface area contributed by atoms with Gasteiger partial charge < -0.3 is 5.11 Å². The Kier molecular flexibility index (Phi) is 2.65. The van der Waals surface area contributed by atoms with Crippen LogP contribution in [-0.4, -0.2) is 5.11 Å². The molecule has 0 aromatic heterocycles. The van der Waals surface area contributed by atoms with Gasteiger partial charge in [0.2, 0.25) is 0 Å². The van der Waals surface area contributed by atoms with E-state index in [2.05, 4.69) is 20.8 Å². The zero-order valence-corrected chi connectivity index (χ0v) is 9.15. The summed E-state index contributed by atoms with van der Waals surface area (Å²) in [7, 11) is 0. The van der Waals surface area contributed by atoms with Gasteiger partial charge in [0.05, 0.1) is 0 Å². The first-order chi connectivity index (χ1) is 6.00. The number of phenols is 1. The maximum absolute atomic E-state index is 9.82. The number of hydrogen-bond donors (Lipinski definition) is 1. The van der Waals surface area contributed by atoms with Crippen molar-refractivity contribution < 1.29 is 5.11 Å². The Balaban J connectivity index is 3.56. The molecule has 0 bridgehead atoms. The second-order valence-electron chi connectivity index (χ2n) is 3.68. The summed E-state index contributed by atoms with van der Waals surface area (Å²) in [4.78, 5) is 0. The van der Waals surface area contributed by atoms with Crippen LogP contribution in [0.1, 0.15) is 34.7 Å². The Morgan fingerprint density at radius 2 is 1.38 bits per heavy atom. The van der Waals surface area contributed by atoms with Gasteiger partial charge in [-0.05, 0) is 61.9 Å². The predicted molar refractivity (Wildman–Crippen MR) is 56.4 cm³/mol. The van der Waals surface area contributed by atoms with Crippen LogP contribution in [0.4, 0.5) is 0 Å². The van der Waals surface area contributed by atoms with Crippen molar-refractivity contribution in [3.8, 4) is 5.75 Å². The van der Waals surface area contributed by atoms with E-state index in [4.69, 9.17) is 0 Å². The number of hydrogen-bond acceptors (Lipinski definition) is 1. The third-order valence-corrected chi connectivity index (χ3v) is 3.09. The quantitative estimate of drug-likeness (QED) is 0.700. The van der Waals surface area contributed by atoms with Gasteiger partial charge in [-0.15, -0.1) is 0 Å². The van der Waals surface area contributed by atoms with Gasteiger partial charge in [-0.3, -0.25) is 0 Å². The minimum Gasteiger partial charge on any atom is -0.507 e. The fraction of sp³-hybridized carbons (Fsp3) is 0.500. The number of phenolic OH excluding ortho intramolecular Hbond substituents is 1. The van der Waals surface area contributed by atoms with Crippen LogP contribution in [0.2, 0.25) is 0 Å². The van der Waals surface area contributed by atoms with Gasteiger partial charge in [-0.1, -0.05) is 6.92 Å². The summed E-state index contributed by atoms with van der Waals surface area (Å²) in [5, 5.41) is 9.82. The van der Waals surface area contributed by atoms with Gasteiger partial charge in [0.25, 0.3) is 0 Å². The molecule has 0 amide bonds. The van der Waals surface area contributed by atoms with Gasteiger partial charge in [0, 0.05) is 0 Å². The lowest BCUT2D eigenvalue weighted by Gasteiger charge is -2.15. The first-order valence-electron chi connectivity index (χ1n) is 4.78. The molecule has 1 nitrogen and oxygen atoms in total. The van der Waals surface area contributed by atoms with E-state index in [0.29, 0.717) is 5.75 Å². The molecule has 0 fully saturated rings. The van der Waals surface area contributed by atoms with Gasteiger partial charge in [0.1, 0.15) is 5.75 Å². The fourth-order valence-corrected chi connectivity index (χ4v) is 1.92. The molecule has 0 aliphatic carbocycles. The molecule has 0 aliphatic rings. The number of rotatable bonds is 1. The number of benzene rings is 1. The highest BCUT2D eigenvalue weighted by molar-refractivity contribution is 5.53. The Morgan fingerprint density at radius 1 is 0.846 bits per heavy atom. The van der Waals surface area contributed by atoms with Crippen molar-refractivity contribution in [1.82, 2.24) is 0 Å². The standard InChI is InChI=1S/C12H18O/c1-6-11-8(3)7(2)9(4)12(13)10(11)5/h13H,6H2,1-5H3. The van der Waals surface area contributed by atoms with Gasteiger partial charge in [0.15, 0.2) is 0 Å². The van der Waals surface area contributed by atoms with E-state index in [1.165, 1.54) is 16.7 Å². The second-order valence-corrected chi connectivity index (χ2v) is 3.68. The highest BCUT2D eigenvalue weighted by atomic mass is 16.3. The van der Waals surface area contributed by atoms with Crippen molar-refractivity contribution in [3.05, 3.63) is 27.8 Å². The summed E-state index contributed by atoms with van der Waals surface area (Å²) >= 11 is 0. The molecule has 0 unspecified atom stereocenters. The molecule has 0 atom stereocenters. The first kappa shape index (κ1) is 10.1. The van der Waals surface area contributed by atoms with E-state index in [1.807, 2.05) is 13.8 Å². The van der Waals surface area contributed by atoms with Crippen LogP contribution in [0, 0.1) is 27.7 Å². The zero-order valence-electron chi connectivity index (χ0n) is 9.15. The summed E-state index contributed by atoms with van der Waals surface area (Å²) in [6, 6.07) is 0. The van der Waals surface area contributed by atoms with Crippen LogP contribution >= 0.6 is 0 Å². The molecule has 1 rings (SSSR count). The Morgan fingerprint density at radius 3 is 1.85 bits per heavy atom. The molecule has 1 N–H and O–H groups in total. The fourth-order valence-electron chi connectivity index (χ4n) is 1.92. The average molecular weight is 178 g/mol. The molecule has 0 radical (unpaired) electrons. The summed E-state index contributed by atoms with van der Waals surface area (Å²) in [6.45, 7) is 10.3. The molecule has 1 aromatic rings. The van der Waals surface area contributed by atoms with Crippen LogP contribution in [0.25, 0.3) is 0 Å². The van der Waals surface area contributed by atoms with Crippen LogP contribution in [0.5, 0.6) is 5.75 Å². The predicted octanol–water partition coefficient (Wildman–Crippen LogP) is 3.19. The molecule has 13 heavy (non-hydrogen) atoms. The van der Waals surface area contributed by atoms with E-state index in [9.17, 15) is 5.11 Å². The normalized spacial score (nSPS) is 10.5. The lowest BCUT2D eigenvalue weighted by atomic mass is 9.92. The molecule has 1 heteroatoms. The second kappa shape index (κ2) is 3.41. The number of aromatic hydroxyl groups is 1. The highest BCUT2D eigenvalue weighted by Crippen LogP contribution is 2.31. The van der Waals surface area contributed by atoms with Crippen molar-refractivity contribution in [2.24, 2.45) is 0 Å². The molecule has 0 heterocycles. The van der Waals surface area contributed by atoms with E-state index in [-0.39, 0.29) is 0 Å². The topological polar surface area (TPSA) is 20.2 Å². The molecule has 72 valence electrons. The molecular weight excluding hydrogens is 160 g/mol. The minimum atomic E-state index is 0.472. The van der Waals surface area contributed by atoms with Gasteiger partial charge in [-0.25, -0.2) is 0 Å². The first-order valence-corrected chi connectivity index (χ1v) is 4.78. The van der Waals surface area contributed by atoms with Crippen molar-refractivity contribution >= 4 is 0 Å². The molecule has 0 aliphatic heterocycles. The van der Waals surface area contributed by atoms with Crippen LogP contribution in [0.15, 0.2) is 0 Å². The monoisotopic (exact) mass is 178 g/mol. The van der Waals surface area contributed by atoms with Gasteiger partial charge >= 0.3 is 0 Å². The average Bonchev–Trinajstić information content (AvgIpc) is 2.13. The van der Waals surface area contributed by atoms with E-state index in [0.717, 1.165) is 17.5 Å². The zero-order chi connectivity index (χ0) is 10.2. The smallest absolute Gasteiger partial charge is 0.121 e. The SMILES string of the molecule is CCc1c(C)c(C)c(C)c(O)c1C. The lowest BCUT2D eigenvalue weighted by molar-refractivity contribution is 0.465. The molecule has 0 spiro atoms. The van der Waals surface area contributed by atoms with Crippen LogP contribution in [-0.2, 0) is 6.42 Å². The van der Waals surface area contributed by atoms with E-state index in [1.54, 1.807) is 0 Å². The molecule has 0 saturated heterocycles. The highest BCUT2D eigenvalue weighted by Gasteiger charge is 2.11. The van der Waals surface area contributed by atoms with Crippen molar-refractivity contribution in [1.29, 1.82) is 0 Å². The minimum absolute atomic E-state index is 0.472. The summed E-state index contributed by atoms with van der Waals surface area (Å²) < 4.78 is 0. The maximum Gasteiger partial charge on any atom is 0.121 e. The molecular formula is C12H18O. The van der Waals surface area contributed by atoms with Crippen LogP contribution in [0.3, 0.4) is 0 Å². The summed E-state index contributed by atoms with van der Waals surface area (Å²) in [5.41, 5.74) is 5.91. The van der Waals surface area contributed by atoms with E-state index >= 15 is 0 Å². The largest absolute Gasteiger partial charge is 0.507 e. The van der Waals surface area contributed by atoms with Crippen molar-refractivity contribution in [2.45, 2.75) is 41.0 Å². The van der Waals surface area contributed by atoms with Gasteiger partial charge in [-0.2, -0.15) is 0 Å². The Hall–Kier alpha value is -0.980. The summed E-state index contributed by atoms with van der Waals surface area (Å²) in [6.07, 6.45) is 0.992. The Bertz CT molecular complexity index is 308. The molecule has 1 aromatic carbocycles. The van der Waals surface area contributed by atoms with E-state index < -0.39 is 0 Å².